The second-order valence-electron chi connectivity index (χ2n) is 6.91. The van der Waals surface area contributed by atoms with E-state index in [-0.39, 0.29) is 22.3 Å². The molecule has 0 atom stereocenters. The molecule has 1 heterocycles. The minimum atomic E-state index is -0.709. The van der Waals surface area contributed by atoms with Crippen molar-refractivity contribution in [1.82, 2.24) is 9.13 Å². The Morgan fingerprint density at radius 1 is 1.09 bits per heavy atom. The van der Waals surface area contributed by atoms with Gasteiger partial charge in [0.05, 0.1) is 11.4 Å². The van der Waals surface area contributed by atoms with Crippen LogP contribution < -0.4 is 16.6 Å². The summed E-state index contributed by atoms with van der Waals surface area (Å²) in [5.74, 6) is -0.961. The number of thioether (sulfide) groups is 1. The fourth-order valence-electron chi connectivity index (χ4n) is 2.86. The number of hydrogen-bond donors (Lipinski definition) is 2. The molecule has 2 N–H and O–H groups in total. The Balaban J connectivity index is 1.97. The zero-order chi connectivity index (χ0) is 23.4. The van der Waals surface area contributed by atoms with Gasteiger partial charge in [0.15, 0.2) is 0 Å². The van der Waals surface area contributed by atoms with E-state index in [1.807, 2.05) is 6.07 Å². The van der Waals surface area contributed by atoms with Crippen molar-refractivity contribution in [2.45, 2.75) is 6.92 Å². The number of nitrogens with zero attached hydrogens (tertiary/aromatic N) is 3. The molecule has 1 aromatic heterocycles. The number of carbonyl (C=O) groups is 1. The molecule has 8 nitrogen and oxygen atoms in total. The fraction of sp³-hybridized carbons (Fsp3) is 0.182. The highest BCUT2D eigenvalue weighted by atomic mass is 35.5. The molecule has 0 radical (unpaired) electrons. The third-order valence-corrected chi connectivity index (χ3v) is 6.10. The number of hydrogen-bond acceptors (Lipinski definition) is 6. The molecule has 0 unspecified atom stereocenters. The van der Waals surface area contributed by atoms with E-state index in [0.717, 1.165) is 26.5 Å². The van der Waals surface area contributed by atoms with Crippen LogP contribution in [0.5, 0.6) is 5.88 Å². The predicted octanol–water partition coefficient (Wildman–Crippen LogP) is 3.20. The van der Waals surface area contributed by atoms with Crippen molar-refractivity contribution in [2.24, 2.45) is 19.1 Å². The van der Waals surface area contributed by atoms with E-state index in [1.165, 1.54) is 14.1 Å². The second kappa shape index (κ2) is 9.88. The summed E-state index contributed by atoms with van der Waals surface area (Å²) in [5.41, 5.74) is 0.292. The van der Waals surface area contributed by atoms with Crippen LogP contribution in [-0.2, 0) is 18.9 Å². The molecule has 0 aliphatic heterocycles. The van der Waals surface area contributed by atoms with Crippen molar-refractivity contribution in [3.8, 4) is 5.88 Å². The van der Waals surface area contributed by atoms with Gasteiger partial charge in [0.1, 0.15) is 10.6 Å². The first-order chi connectivity index (χ1) is 15.2. The normalized spacial score (nSPS) is 11.4. The van der Waals surface area contributed by atoms with E-state index >= 15 is 0 Å². The van der Waals surface area contributed by atoms with Crippen LogP contribution in [0.15, 0.2) is 63.1 Å². The number of para-hydroxylation sites is 1. The van der Waals surface area contributed by atoms with Gasteiger partial charge in [-0.05, 0) is 36.8 Å². The minimum absolute atomic E-state index is 0.0942. The van der Waals surface area contributed by atoms with Crippen LogP contribution in [0.4, 0.5) is 11.4 Å². The Morgan fingerprint density at radius 3 is 2.47 bits per heavy atom. The highest BCUT2D eigenvalue weighted by molar-refractivity contribution is 8.15. The molecule has 0 saturated carbocycles. The lowest BCUT2D eigenvalue weighted by Gasteiger charge is -2.13. The van der Waals surface area contributed by atoms with Crippen LogP contribution in [-0.4, -0.2) is 30.9 Å². The molecule has 0 aliphatic rings. The zero-order valence-electron chi connectivity index (χ0n) is 17.6. The molecule has 32 heavy (non-hydrogen) atoms. The van der Waals surface area contributed by atoms with Gasteiger partial charge in [-0.15, -0.1) is 0 Å². The molecule has 10 heteroatoms. The summed E-state index contributed by atoms with van der Waals surface area (Å²) in [6, 6.07) is 14.0. The highest BCUT2D eigenvalue weighted by Gasteiger charge is 2.22. The van der Waals surface area contributed by atoms with E-state index in [4.69, 9.17) is 11.6 Å². The summed E-state index contributed by atoms with van der Waals surface area (Å²) >= 11 is 7.08. The number of rotatable bonds is 5. The third-order valence-electron chi connectivity index (χ3n) is 4.72. The molecule has 0 spiro atoms. The third kappa shape index (κ3) is 4.95. The molecule has 1 amide bonds. The van der Waals surface area contributed by atoms with Crippen molar-refractivity contribution in [1.29, 1.82) is 0 Å². The summed E-state index contributed by atoms with van der Waals surface area (Å²) in [7, 11) is 2.66. The van der Waals surface area contributed by atoms with Gasteiger partial charge in [-0.1, -0.05) is 47.6 Å². The van der Waals surface area contributed by atoms with E-state index in [1.54, 1.807) is 49.4 Å². The van der Waals surface area contributed by atoms with Crippen LogP contribution in [0, 0.1) is 6.92 Å². The fourth-order valence-corrected chi connectivity index (χ4v) is 3.87. The monoisotopic (exact) mass is 472 g/mol. The van der Waals surface area contributed by atoms with Crippen LogP contribution in [0.25, 0.3) is 0 Å². The van der Waals surface area contributed by atoms with E-state index in [0.29, 0.717) is 16.4 Å². The number of amides is 1. The maximum Gasteiger partial charge on any atom is 0.333 e. The minimum Gasteiger partial charge on any atom is -0.494 e. The maximum atomic E-state index is 12.8. The van der Waals surface area contributed by atoms with E-state index in [2.05, 4.69) is 10.3 Å². The summed E-state index contributed by atoms with van der Waals surface area (Å²) in [6.45, 7) is 1.79. The molecular formula is C22H21ClN4O4S. The Morgan fingerprint density at radius 2 is 1.78 bits per heavy atom. The first-order valence-electron chi connectivity index (χ1n) is 9.51. The molecule has 0 bridgehead atoms. The molecular weight excluding hydrogens is 452 g/mol. The smallest absolute Gasteiger partial charge is 0.333 e. The molecule has 166 valence electrons. The molecule has 0 fully saturated rings. The topological polar surface area (TPSA) is 106 Å². The summed E-state index contributed by atoms with van der Waals surface area (Å²) in [6.07, 6.45) is 0. The van der Waals surface area contributed by atoms with Gasteiger partial charge in [-0.3, -0.25) is 18.7 Å². The number of nitrogens with one attached hydrogen (secondary N) is 1. The van der Waals surface area contributed by atoms with Crippen LogP contribution in [0.3, 0.4) is 0 Å². The highest BCUT2D eigenvalue weighted by Crippen LogP contribution is 2.25. The van der Waals surface area contributed by atoms with E-state index < -0.39 is 17.1 Å². The molecule has 2 aromatic carbocycles. The van der Waals surface area contributed by atoms with Crippen molar-refractivity contribution in [2.75, 3.05) is 11.1 Å². The quantitative estimate of drug-likeness (QED) is 0.438. The number of anilines is 1. The van der Waals surface area contributed by atoms with Crippen LogP contribution >= 0.6 is 23.4 Å². The van der Waals surface area contributed by atoms with Gasteiger partial charge >= 0.3 is 5.69 Å². The van der Waals surface area contributed by atoms with Gasteiger partial charge in [0.25, 0.3) is 5.56 Å². The molecule has 3 rings (SSSR count). The lowest BCUT2D eigenvalue weighted by atomic mass is 10.2. The Hall–Kier alpha value is -3.30. The average molecular weight is 473 g/mol. The largest absolute Gasteiger partial charge is 0.494 e. The Bertz CT molecular complexity index is 1320. The SMILES string of the molecule is Cc1c(Cl)cccc1NC(=O)CSC(=Nc1ccccc1)c1c(O)n(C)c(=O)n(C)c1=O. The summed E-state index contributed by atoms with van der Waals surface area (Å²) in [5, 5.41) is 14.0. The second-order valence-corrected chi connectivity index (χ2v) is 8.28. The Kier molecular flexibility index (Phi) is 7.22. The van der Waals surface area contributed by atoms with Crippen molar-refractivity contribution >= 4 is 45.7 Å². The molecule has 3 aromatic rings. The van der Waals surface area contributed by atoms with Gasteiger partial charge in [-0.25, -0.2) is 9.79 Å². The summed E-state index contributed by atoms with van der Waals surface area (Å²) < 4.78 is 1.83. The number of aliphatic imine (C=N–C) groups is 1. The van der Waals surface area contributed by atoms with Gasteiger partial charge in [0.2, 0.25) is 11.8 Å². The van der Waals surface area contributed by atoms with Crippen LogP contribution in [0.1, 0.15) is 11.1 Å². The van der Waals surface area contributed by atoms with Gasteiger partial charge in [0, 0.05) is 24.8 Å². The molecule has 0 aliphatic carbocycles. The Labute approximate surface area is 193 Å². The number of benzene rings is 2. The standard InChI is InChI=1S/C22H21ClN4O4S/c1-13-15(23)10-7-11-16(13)25-17(28)12-32-19(24-14-8-5-4-6-9-14)18-20(29)26(2)22(31)27(3)21(18)30/h4-11,29H,12H2,1-3H3,(H,25,28). The lowest BCUT2D eigenvalue weighted by molar-refractivity contribution is -0.113. The van der Waals surface area contributed by atoms with Gasteiger partial charge in [-0.2, -0.15) is 0 Å². The number of carbonyl (C=O) groups excluding carboxylic acids is 1. The average Bonchev–Trinajstić information content (AvgIpc) is 2.78. The lowest BCUT2D eigenvalue weighted by Crippen LogP contribution is -2.39. The van der Waals surface area contributed by atoms with Gasteiger partial charge < -0.3 is 10.4 Å². The number of aromatic nitrogens is 2. The van der Waals surface area contributed by atoms with E-state index in [9.17, 15) is 19.5 Å². The predicted molar refractivity (Wildman–Crippen MR) is 129 cm³/mol. The van der Waals surface area contributed by atoms with Crippen molar-refractivity contribution in [3.05, 3.63) is 85.5 Å². The van der Waals surface area contributed by atoms with Crippen LogP contribution in [0.2, 0.25) is 5.02 Å². The zero-order valence-corrected chi connectivity index (χ0v) is 19.2. The molecule has 0 saturated heterocycles. The first kappa shape index (κ1) is 23.4. The summed E-state index contributed by atoms with van der Waals surface area (Å²) in [4.78, 5) is 42.0. The first-order valence-corrected chi connectivity index (χ1v) is 10.9. The maximum absolute atomic E-state index is 12.8. The number of halogens is 1. The number of aromatic hydroxyl groups is 1. The van der Waals surface area contributed by atoms with Crippen molar-refractivity contribution in [3.63, 3.8) is 0 Å². The van der Waals surface area contributed by atoms with Crippen molar-refractivity contribution < 1.29 is 9.90 Å².